The van der Waals surface area contributed by atoms with Gasteiger partial charge in [-0.3, -0.25) is 14.9 Å². The van der Waals surface area contributed by atoms with Crippen molar-refractivity contribution in [2.45, 2.75) is 26.2 Å². The van der Waals surface area contributed by atoms with E-state index in [1.807, 2.05) is 24.3 Å². The van der Waals surface area contributed by atoms with Gasteiger partial charge in [-0.05, 0) is 48.2 Å². The van der Waals surface area contributed by atoms with E-state index in [2.05, 4.69) is 29.5 Å². The van der Waals surface area contributed by atoms with Crippen molar-refractivity contribution in [1.82, 2.24) is 4.98 Å². The second-order valence-electron chi connectivity index (χ2n) is 6.55. The molecule has 0 bridgehead atoms. The zero-order valence-corrected chi connectivity index (χ0v) is 17.2. The highest BCUT2D eigenvalue weighted by Crippen LogP contribution is 2.28. The summed E-state index contributed by atoms with van der Waals surface area (Å²) in [4.78, 5) is 28.4. The molecule has 1 aromatic heterocycles. The van der Waals surface area contributed by atoms with Crippen molar-refractivity contribution in [3.05, 3.63) is 71.2 Å². The largest absolute Gasteiger partial charge is 0.483 e. The van der Waals surface area contributed by atoms with Crippen LogP contribution in [-0.2, 0) is 4.79 Å². The molecule has 2 N–H and O–H groups in total. The predicted molar refractivity (Wildman–Crippen MR) is 116 cm³/mol. The molecule has 150 valence electrons. The minimum atomic E-state index is -0.260. The summed E-state index contributed by atoms with van der Waals surface area (Å²) < 4.78 is 5.73. The van der Waals surface area contributed by atoms with Crippen LogP contribution in [-0.4, -0.2) is 23.4 Å². The smallest absolute Gasteiger partial charge is 0.262 e. The summed E-state index contributed by atoms with van der Waals surface area (Å²) in [7, 11) is 0. The third-order valence-electron chi connectivity index (χ3n) is 4.50. The number of aromatic nitrogens is 1. The molecule has 29 heavy (non-hydrogen) atoms. The Hall–Kier alpha value is -3.19. The van der Waals surface area contributed by atoms with Gasteiger partial charge >= 0.3 is 0 Å². The molecule has 0 radical (unpaired) electrons. The molecule has 1 atom stereocenters. The number of ether oxygens (including phenoxy) is 1. The first-order valence-corrected chi connectivity index (χ1v) is 10.3. The Morgan fingerprint density at radius 1 is 1.10 bits per heavy atom. The Kier molecular flexibility index (Phi) is 6.97. The monoisotopic (exact) mass is 409 g/mol. The zero-order valence-electron chi connectivity index (χ0n) is 16.3. The van der Waals surface area contributed by atoms with E-state index in [1.165, 1.54) is 11.3 Å². The summed E-state index contributed by atoms with van der Waals surface area (Å²) in [6.07, 6.45) is 2.62. The SMILES string of the molecule is CC[C@H](C)c1ccccc1OCC(=O)Nc1ccc(C(=O)Nc2nccs2)cc1. The number of anilines is 2. The van der Waals surface area contributed by atoms with Crippen LogP contribution in [0.5, 0.6) is 5.75 Å². The Balaban J connectivity index is 1.54. The Bertz CT molecular complexity index is 956. The molecule has 2 amide bonds. The topological polar surface area (TPSA) is 80.3 Å². The molecule has 0 aliphatic rings. The number of nitrogens with zero attached hydrogens (tertiary/aromatic N) is 1. The molecular formula is C22H23N3O3S. The highest BCUT2D eigenvalue weighted by atomic mass is 32.1. The van der Waals surface area contributed by atoms with Crippen molar-refractivity contribution in [2.24, 2.45) is 0 Å². The molecule has 0 spiro atoms. The van der Waals surface area contributed by atoms with Gasteiger partial charge in [0.1, 0.15) is 5.75 Å². The van der Waals surface area contributed by atoms with Gasteiger partial charge < -0.3 is 10.1 Å². The van der Waals surface area contributed by atoms with Gasteiger partial charge in [0.25, 0.3) is 11.8 Å². The third kappa shape index (κ3) is 5.65. The fourth-order valence-corrected chi connectivity index (χ4v) is 3.26. The summed E-state index contributed by atoms with van der Waals surface area (Å²) in [5, 5.41) is 7.83. The molecular weight excluding hydrogens is 386 g/mol. The first kappa shape index (κ1) is 20.5. The fourth-order valence-electron chi connectivity index (χ4n) is 2.74. The van der Waals surface area contributed by atoms with E-state index in [4.69, 9.17) is 4.74 Å². The van der Waals surface area contributed by atoms with E-state index in [0.717, 1.165) is 17.7 Å². The average Bonchev–Trinajstić information content (AvgIpc) is 3.25. The molecule has 0 saturated heterocycles. The first-order valence-electron chi connectivity index (χ1n) is 9.39. The van der Waals surface area contributed by atoms with Gasteiger partial charge in [-0.15, -0.1) is 11.3 Å². The van der Waals surface area contributed by atoms with Gasteiger partial charge in [0, 0.05) is 22.8 Å². The Labute approximate surface area is 173 Å². The molecule has 1 heterocycles. The van der Waals surface area contributed by atoms with E-state index >= 15 is 0 Å². The maximum Gasteiger partial charge on any atom is 0.262 e. The number of hydrogen-bond acceptors (Lipinski definition) is 5. The number of amides is 2. The number of nitrogens with one attached hydrogen (secondary N) is 2. The molecule has 0 fully saturated rings. The van der Waals surface area contributed by atoms with Crippen LogP contribution in [0.4, 0.5) is 10.8 Å². The van der Waals surface area contributed by atoms with Crippen molar-refractivity contribution in [1.29, 1.82) is 0 Å². The van der Waals surface area contributed by atoms with E-state index in [9.17, 15) is 9.59 Å². The number of carbonyl (C=O) groups excluding carboxylic acids is 2. The van der Waals surface area contributed by atoms with Crippen LogP contribution in [0.2, 0.25) is 0 Å². The molecule has 0 aliphatic heterocycles. The van der Waals surface area contributed by atoms with Crippen LogP contribution < -0.4 is 15.4 Å². The summed E-state index contributed by atoms with van der Waals surface area (Å²) in [6.45, 7) is 4.17. The number of hydrogen-bond donors (Lipinski definition) is 2. The number of thiazole rings is 1. The molecule has 7 heteroatoms. The highest BCUT2D eigenvalue weighted by molar-refractivity contribution is 7.13. The van der Waals surface area contributed by atoms with Crippen LogP contribution in [0, 0.1) is 0 Å². The maximum atomic E-state index is 12.2. The molecule has 0 aliphatic carbocycles. The van der Waals surface area contributed by atoms with Crippen molar-refractivity contribution in [3.63, 3.8) is 0 Å². The minimum absolute atomic E-state index is 0.0836. The van der Waals surface area contributed by atoms with Gasteiger partial charge in [0.05, 0.1) is 0 Å². The number of para-hydroxylation sites is 1. The normalized spacial score (nSPS) is 11.5. The van der Waals surface area contributed by atoms with Gasteiger partial charge in [-0.2, -0.15) is 0 Å². The van der Waals surface area contributed by atoms with Crippen LogP contribution in [0.25, 0.3) is 0 Å². The lowest BCUT2D eigenvalue weighted by Gasteiger charge is -2.15. The summed E-state index contributed by atoms with van der Waals surface area (Å²) in [6, 6.07) is 14.4. The van der Waals surface area contributed by atoms with Gasteiger partial charge in [-0.25, -0.2) is 4.98 Å². The summed E-state index contributed by atoms with van der Waals surface area (Å²) in [5.41, 5.74) is 2.18. The van der Waals surface area contributed by atoms with E-state index < -0.39 is 0 Å². The van der Waals surface area contributed by atoms with Crippen LogP contribution >= 0.6 is 11.3 Å². The maximum absolute atomic E-state index is 12.2. The van der Waals surface area contributed by atoms with Gasteiger partial charge in [-0.1, -0.05) is 32.0 Å². The van der Waals surface area contributed by atoms with Crippen molar-refractivity contribution < 1.29 is 14.3 Å². The van der Waals surface area contributed by atoms with Crippen molar-refractivity contribution >= 4 is 34.0 Å². The highest BCUT2D eigenvalue weighted by Gasteiger charge is 2.12. The van der Waals surface area contributed by atoms with Crippen LogP contribution in [0.15, 0.2) is 60.1 Å². The standard InChI is InChI=1S/C22H23N3O3S/c1-3-15(2)18-6-4-5-7-19(18)28-14-20(26)24-17-10-8-16(9-11-17)21(27)25-22-23-12-13-29-22/h4-13,15H,3,14H2,1-2H3,(H,24,26)(H,23,25,27)/t15-/m0/s1. The average molecular weight is 410 g/mol. The van der Waals surface area contributed by atoms with E-state index in [1.54, 1.807) is 35.8 Å². The molecule has 0 saturated carbocycles. The second-order valence-corrected chi connectivity index (χ2v) is 7.45. The summed E-state index contributed by atoms with van der Waals surface area (Å²) >= 11 is 1.35. The third-order valence-corrected chi connectivity index (χ3v) is 5.19. The number of benzene rings is 2. The summed E-state index contributed by atoms with van der Waals surface area (Å²) in [5.74, 6) is 0.579. The molecule has 3 rings (SSSR count). The second kappa shape index (κ2) is 9.84. The lowest BCUT2D eigenvalue weighted by Crippen LogP contribution is -2.20. The Morgan fingerprint density at radius 3 is 2.55 bits per heavy atom. The minimum Gasteiger partial charge on any atom is -0.483 e. The van der Waals surface area contributed by atoms with Crippen molar-refractivity contribution in [3.8, 4) is 5.75 Å². The quantitative estimate of drug-likeness (QED) is 0.553. The lowest BCUT2D eigenvalue weighted by atomic mass is 9.98. The van der Waals surface area contributed by atoms with E-state index in [-0.39, 0.29) is 18.4 Å². The van der Waals surface area contributed by atoms with Gasteiger partial charge in [0.15, 0.2) is 11.7 Å². The molecule has 6 nitrogen and oxygen atoms in total. The Morgan fingerprint density at radius 2 is 1.86 bits per heavy atom. The zero-order chi connectivity index (χ0) is 20.6. The van der Waals surface area contributed by atoms with Crippen LogP contribution in [0.1, 0.15) is 42.1 Å². The lowest BCUT2D eigenvalue weighted by molar-refractivity contribution is -0.118. The van der Waals surface area contributed by atoms with Crippen molar-refractivity contribution in [2.75, 3.05) is 17.2 Å². The van der Waals surface area contributed by atoms with E-state index in [0.29, 0.717) is 22.3 Å². The first-order chi connectivity index (χ1) is 14.1. The van der Waals surface area contributed by atoms with Gasteiger partial charge in [0.2, 0.25) is 0 Å². The molecule has 2 aromatic carbocycles. The number of rotatable bonds is 8. The number of carbonyl (C=O) groups is 2. The fraction of sp³-hybridized carbons (Fsp3) is 0.227. The molecule has 3 aromatic rings. The van der Waals surface area contributed by atoms with Crippen LogP contribution in [0.3, 0.4) is 0 Å². The predicted octanol–water partition coefficient (Wildman–Crippen LogP) is 4.93. The molecule has 0 unspecified atom stereocenters.